The minimum Gasteiger partial charge on any atom is -0.481 e. The first-order valence-corrected chi connectivity index (χ1v) is 6.46. The molecular weight excluding hydrogens is 230 g/mol. The Hall–Kier alpha value is -1.06. The number of carboxylic acid groups (broad SMARTS) is 1. The van der Waals surface area contributed by atoms with Gasteiger partial charge in [-0.1, -0.05) is 20.8 Å². The van der Waals surface area contributed by atoms with Crippen LogP contribution in [0.1, 0.15) is 60.8 Å². The Morgan fingerprint density at radius 1 is 1.00 bits per heavy atom. The van der Waals surface area contributed by atoms with Crippen molar-refractivity contribution < 1.29 is 14.7 Å². The summed E-state index contributed by atoms with van der Waals surface area (Å²) in [7, 11) is 0. The van der Waals surface area contributed by atoms with E-state index < -0.39 is 5.97 Å². The van der Waals surface area contributed by atoms with Crippen LogP contribution in [0.15, 0.2) is 0 Å². The highest BCUT2D eigenvalue weighted by Gasteiger charge is 2.29. The fraction of sp³-hybridized carbons (Fsp3) is 0.857. The summed E-state index contributed by atoms with van der Waals surface area (Å²) in [6.07, 6.45) is 0.768. The lowest BCUT2D eigenvalue weighted by molar-refractivity contribution is -0.139. The SMILES string of the molecule is CC(C)(C)CN(C(=O)CCCC(=O)O)C(C)(C)C. The summed E-state index contributed by atoms with van der Waals surface area (Å²) in [6, 6.07) is 0. The second-order valence-corrected chi connectivity index (χ2v) is 6.96. The van der Waals surface area contributed by atoms with E-state index in [0.29, 0.717) is 19.4 Å². The van der Waals surface area contributed by atoms with Crippen LogP contribution >= 0.6 is 0 Å². The van der Waals surface area contributed by atoms with E-state index >= 15 is 0 Å². The van der Waals surface area contributed by atoms with Crippen LogP contribution in [0.25, 0.3) is 0 Å². The molecule has 1 amide bonds. The van der Waals surface area contributed by atoms with Crippen molar-refractivity contribution in [1.29, 1.82) is 0 Å². The van der Waals surface area contributed by atoms with Crippen molar-refractivity contribution in [3.63, 3.8) is 0 Å². The van der Waals surface area contributed by atoms with Gasteiger partial charge in [0.15, 0.2) is 0 Å². The van der Waals surface area contributed by atoms with E-state index in [4.69, 9.17) is 5.11 Å². The van der Waals surface area contributed by atoms with Crippen molar-refractivity contribution in [2.75, 3.05) is 6.54 Å². The lowest BCUT2D eigenvalue weighted by atomic mass is 9.92. The Bertz CT molecular complexity index is 297. The molecule has 0 saturated carbocycles. The Balaban J connectivity index is 4.57. The molecule has 0 aliphatic heterocycles. The number of hydrogen-bond donors (Lipinski definition) is 1. The van der Waals surface area contributed by atoms with Gasteiger partial charge in [0, 0.05) is 24.9 Å². The molecule has 0 saturated heterocycles. The minimum atomic E-state index is -0.846. The van der Waals surface area contributed by atoms with Gasteiger partial charge in [0.05, 0.1) is 0 Å². The largest absolute Gasteiger partial charge is 0.481 e. The quantitative estimate of drug-likeness (QED) is 0.824. The molecule has 0 bridgehead atoms. The standard InChI is InChI=1S/C14H27NO3/c1-13(2,3)10-15(14(4,5)6)11(16)8-7-9-12(17)18/h7-10H2,1-6H3,(H,17,18). The van der Waals surface area contributed by atoms with Gasteiger partial charge in [-0.05, 0) is 32.6 Å². The van der Waals surface area contributed by atoms with Crippen LogP contribution < -0.4 is 0 Å². The maximum absolute atomic E-state index is 12.2. The highest BCUT2D eigenvalue weighted by molar-refractivity contribution is 5.77. The third kappa shape index (κ3) is 7.30. The van der Waals surface area contributed by atoms with Crippen LogP contribution in [0, 0.1) is 5.41 Å². The van der Waals surface area contributed by atoms with E-state index in [9.17, 15) is 9.59 Å². The first-order valence-electron chi connectivity index (χ1n) is 6.46. The molecule has 106 valence electrons. The van der Waals surface area contributed by atoms with Crippen LogP contribution in [0.3, 0.4) is 0 Å². The monoisotopic (exact) mass is 257 g/mol. The van der Waals surface area contributed by atoms with Gasteiger partial charge < -0.3 is 10.0 Å². The van der Waals surface area contributed by atoms with Crippen molar-refractivity contribution in [1.82, 2.24) is 4.90 Å². The third-order valence-electron chi connectivity index (χ3n) is 2.52. The Morgan fingerprint density at radius 3 is 1.83 bits per heavy atom. The number of hydrogen-bond acceptors (Lipinski definition) is 2. The number of amides is 1. The molecule has 0 atom stereocenters. The molecule has 0 fully saturated rings. The average Bonchev–Trinajstić information content (AvgIpc) is 2.10. The molecule has 18 heavy (non-hydrogen) atoms. The molecule has 0 aromatic rings. The van der Waals surface area contributed by atoms with Gasteiger partial charge in [0.1, 0.15) is 0 Å². The van der Waals surface area contributed by atoms with E-state index in [0.717, 1.165) is 0 Å². The summed E-state index contributed by atoms with van der Waals surface area (Å²) < 4.78 is 0. The number of rotatable bonds is 5. The molecule has 4 nitrogen and oxygen atoms in total. The first kappa shape index (κ1) is 16.9. The van der Waals surface area contributed by atoms with E-state index in [1.807, 2.05) is 25.7 Å². The number of carbonyl (C=O) groups excluding carboxylic acids is 1. The normalized spacial score (nSPS) is 12.3. The highest BCUT2D eigenvalue weighted by Crippen LogP contribution is 2.23. The minimum absolute atomic E-state index is 0.0374. The van der Waals surface area contributed by atoms with Gasteiger partial charge in [-0.2, -0.15) is 0 Å². The topological polar surface area (TPSA) is 57.6 Å². The van der Waals surface area contributed by atoms with Gasteiger partial charge in [-0.15, -0.1) is 0 Å². The summed E-state index contributed by atoms with van der Waals surface area (Å²) in [5.74, 6) is -0.806. The first-order chi connectivity index (χ1) is 7.93. The van der Waals surface area contributed by atoms with Gasteiger partial charge in [0.25, 0.3) is 0 Å². The number of nitrogens with zero attached hydrogens (tertiary/aromatic N) is 1. The molecule has 0 aliphatic rings. The Labute approximate surface area is 110 Å². The lowest BCUT2D eigenvalue weighted by Crippen LogP contribution is -2.49. The van der Waals surface area contributed by atoms with E-state index in [-0.39, 0.29) is 23.3 Å². The zero-order valence-electron chi connectivity index (χ0n) is 12.5. The molecule has 0 unspecified atom stereocenters. The van der Waals surface area contributed by atoms with Gasteiger partial charge in [0.2, 0.25) is 5.91 Å². The average molecular weight is 257 g/mol. The van der Waals surface area contributed by atoms with Crippen LogP contribution in [0.5, 0.6) is 0 Å². The molecule has 0 aromatic heterocycles. The second kappa shape index (κ2) is 6.21. The zero-order valence-corrected chi connectivity index (χ0v) is 12.5. The number of carbonyl (C=O) groups is 2. The summed E-state index contributed by atoms with van der Waals surface area (Å²) >= 11 is 0. The molecule has 0 rings (SSSR count). The summed E-state index contributed by atoms with van der Waals surface area (Å²) in [5, 5.41) is 8.59. The molecule has 0 aromatic carbocycles. The molecule has 1 N–H and O–H groups in total. The summed E-state index contributed by atoms with van der Waals surface area (Å²) in [4.78, 5) is 24.5. The Kier molecular flexibility index (Phi) is 5.84. The predicted molar refractivity (Wildman–Crippen MR) is 72.4 cm³/mol. The lowest BCUT2D eigenvalue weighted by Gasteiger charge is -2.40. The number of carboxylic acids is 1. The number of aliphatic carboxylic acids is 1. The molecule has 0 radical (unpaired) electrons. The predicted octanol–water partition coefficient (Wildman–Crippen LogP) is 2.91. The van der Waals surface area contributed by atoms with Gasteiger partial charge in [-0.25, -0.2) is 0 Å². The van der Waals surface area contributed by atoms with Crippen LogP contribution in [-0.4, -0.2) is 34.0 Å². The fourth-order valence-electron chi connectivity index (χ4n) is 1.70. The third-order valence-corrected chi connectivity index (χ3v) is 2.52. The van der Waals surface area contributed by atoms with Crippen molar-refractivity contribution in [3.8, 4) is 0 Å². The maximum atomic E-state index is 12.2. The van der Waals surface area contributed by atoms with Crippen molar-refractivity contribution in [2.24, 2.45) is 5.41 Å². The van der Waals surface area contributed by atoms with Gasteiger partial charge >= 0.3 is 5.97 Å². The van der Waals surface area contributed by atoms with E-state index in [2.05, 4.69) is 20.8 Å². The molecule has 0 aliphatic carbocycles. The van der Waals surface area contributed by atoms with E-state index in [1.54, 1.807) is 0 Å². The zero-order chi connectivity index (χ0) is 14.6. The van der Waals surface area contributed by atoms with E-state index in [1.165, 1.54) is 0 Å². The molecule has 0 heterocycles. The van der Waals surface area contributed by atoms with Crippen LogP contribution in [0.2, 0.25) is 0 Å². The highest BCUT2D eigenvalue weighted by atomic mass is 16.4. The summed E-state index contributed by atoms with van der Waals surface area (Å²) in [6.45, 7) is 13.0. The molecule has 4 heteroatoms. The summed E-state index contributed by atoms with van der Waals surface area (Å²) in [5.41, 5.74) is -0.191. The van der Waals surface area contributed by atoms with Crippen molar-refractivity contribution in [2.45, 2.75) is 66.3 Å². The van der Waals surface area contributed by atoms with Crippen molar-refractivity contribution >= 4 is 11.9 Å². The maximum Gasteiger partial charge on any atom is 0.303 e. The molecule has 0 spiro atoms. The molecular formula is C14H27NO3. The second-order valence-electron chi connectivity index (χ2n) is 6.96. The van der Waals surface area contributed by atoms with Gasteiger partial charge in [-0.3, -0.25) is 9.59 Å². The Morgan fingerprint density at radius 2 is 1.50 bits per heavy atom. The smallest absolute Gasteiger partial charge is 0.303 e. The van der Waals surface area contributed by atoms with Crippen molar-refractivity contribution in [3.05, 3.63) is 0 Å². The van der Waals surface area contributed by atoms with Crippen LogP contribution in [0.4, 0.5) is 0 Å². The van der Waals surface area contributed by atoms with Crippen LogP contribution in [-0.2, 0) is 9.59 Å². The fourth-order valence-corrected chi connectivity index (χ4v) is 1.70.